The molecule has 13 heavy (non-hydrogen) atoms. The zero-order valence-electron chi connectivity index (χ0n) is 10.0. The molecule has 0 amide bonds. The second kappa shape index (κ2) is 6.23. The lowest BCUT2D eigenvalue weighted by molar-refractivity contribution is 0.250. The Morgan fingerprint density at radius 3 is 2.00 bits per heavy atom. The van der Waals surface area contributed by atoms with Crippen molar-refractivity contribution in [3.05, 3.63) is 12.7 Å². The van der Waals surface area contributed by atoms with Crippen molar-refractivity contribution in [1.29, 1.82) is 0 Å². The molecule has 3 atom stereocenters. The van der Waals surface area contributed by atoms with Crippen molar-refractivity contribution in [2.75, 3.05) is 0 Å². The summed E-state index contributed by atoms with van der Waals surface area (Å²) in [6, 6.07) is 0. The highest BCUT2D eigenvalue weighted by atomic mass is 14.3. The standard InChI is InChI=1S/C13H26/c1-7-11(5)9-13(10(3)4)12(6)8-2/h8,10-13H,2,7,9H2,1,3-6H3. The van der Waals surface area contributed by atoms with Crippen LogP contribution in [-0.2, 0) is 0 Å². The fourth-order valence-corrected chi connectivity index (χ4v) is 1.90. The Labute approximate surface area is 84.4 Å². The predicted octanol–water partition coefficient (Wildman–Crippen LogP) is 4.52. The van der Waals surface area contributed by atoms with E-state index in [-0.39, 0.29) is 0 Å². The van der Waals surface area contributed by atoms with Gasteiger partial charge in [-0.05, 0) is 30.1 Å². The molecule has 0 aromatic carbocycles. The molecule has 0 saturated carbocycles. The maximum atomic E-state index is 3.90. The van der Waals surface area contributed by atoms with Gasteiger partial charge >= 0.3 is 0 Å². The van der Waals surface area contributed by atoms with Crippen LogP contribution in [0.25, 0.3) is 0 Å². The minimum absolute atomic E-state index is 0.661. The summed E-state index contributed by atoms with van der Waals surface area (Å²) in [4.78, 5) is 0. The zero-order chi connectivity index (χ0) is 10.4. The molecule has 0 spiro atoms. The first-order valence-electron chi connectivity index (χ1n) is 5.65. The van der Waals surface area contributed by atoms with Crippen LogP contribution in [-0.4, -0.2) is 0 Å². The summed E-state index contributed by atoms with van der Waals surface area (Å²) >= 11 is 0. The third kappa shape index (κ3) is 4.50. The van der Waals surface area contributed by atoms with Gasteiger partial charge in [0.2, 0.25) is 0 Å². The summed E-state index contributed by atoms with van der Waals surface area (Å²) in [6.07, 6.45) is 4.75. The summed E-state index contributed by atoms with van der Waals surface area (Å²) in [5.74, 6) is 3.11. The third-order valence-electron chi connectivity index (χ3n) is 3.27. The second-order valence-electron chi connectivity index (χ2n) is 4.75. The van der Waals surface area contributed by atoms with Crippen molar-refractivity contribution in [3.8, 4) is 0 Å². The van der Waals surface area contributed by atoms with E-state index in [0.29, 0.717) is 5.92 Å². The van der Waals surface area contributed by atoms with Gasteiger partial charge in [0.25, 0.3) is 0 Å². The SMILES string of the molecule is C=CC(C)C(CC(C)CC)C(C)C. The highest BCUT2D eigenvalue weighted by molar-refractivity contribution is 4.83. The van der Waals surface area contributed by atoms with Crippen LogP contribution in [0.3, 0.4) is 0 Å². The van der Waals surface area contributed by atoms with E-state index in [1.807, 2.05) is 0 Å². The first-order chi connectivity index (χ1) is 6.02. The highest BCUT2D eigenvalue weighted by Gasteiger charge is 2.20. The lowest BCUT2D eigenvalue weighted by atomic mass is 9.78. The molecule has 0 aliphatic rings. The average Bonchev–Trinajstić information content (AvgIpc) is 2.11. The number of rotatable bonds is 6. The van der Waals surface area contributed by atoms with Crippen molar-refractivity contribution >= 4 is 0 Å². The van der Waals surface area contributed by atoms with Crippen molar-refractivity contribution in [1.82, 2.24) is 0 Å². The van der Waals surface area contributed by atoms with E-state index in [4.69, 9.17) is 0 Å². The molecule has 0 aromatic heterocycles. The Morgan fingerprint density at radius 2 is 1.69 bits per heavy atom. The Bertz CT molecular complexity index is 135. The molecule has 0 heteroatoms. The molecule has 0 saturated heterocycles. The lowest BCUT2D eigenvalue weighted by Crippen LogP contribution is -2.19. The van der Waals surface area contributed by atoms with Gasteiger partial charge in [-0.2, -0.15) is 0 Å². The van der Waals surface area contributed by atoms with E-state index in [0.717, 1.165) is 17.8 Å². The second-order valence-corrected chi connectivity index (χ2v) is 4.75. The number of hydrogen-bond acceptors (Lipinski definition) is 0. The molecular formula is C13H26. The van der Waals surface area contributed by atoms with Gasteiger partial charge < -0.3 is 0 Å². The fourth-order valence-electron chi connectivity index (χ4n) is 1.90. The molecule has 0 heterocycles. The predicted molar refractivity (Wildman–Crippen MR) is 61.8 cm³/mol. The maximum absolute atomic E-state index is 3.90. The Kier molecular flexibility index (Phi) is 6.11. The fraction of sp³-hybridized carbons (Fsp3) is 0.846. The van der Waals surface area contributed by atoms with E-state index < -0.39 is 0 Å². The minimum Gasteiger partial charge on any atom is -0.103 e. The molecular weight excluding hydrogens is 156 g/mol. The van der Waals surface area contributed by atoms with Gasteiger partial charge in [-0.1, -0.05) is 47.1 Å². The van der Waals surface area contributed by atoms with Crippen molar-refractivity contribution in [3.63, 3.8) is 0 Å². The van der Waals surface area contributed by atoms with Crippen molar-refractivity contribution in [2.24, 2.45) is 23.7 Å². The van der Waals surface area contributed by atoms with Crippen LogP contribution in [0.15, 0.2) is 12.7 Å². The van der Waals surface area contributed by atoms with Gasteiger partial charge in [0.15, 0.2) is 0 Å². The minimum atomic E-state index is 0.661. The Hall–Kier alpha value is -0.260. The van der Waals surface area contributed by atoms with Crippen LogP contribution in [0.5, 0.6) is 0 Å². The molecule has 78 valence electrons. The van der Waals surface area contributed by atoms with Crippen LogP contribution in [0.1, 0.15) is 47.5 Å². The topological polar surface area (TPSA) is 0 Å². The maximum Gasteiger partial charge on any atom is -0.0234 e. The molecule has 0 aliphatic heterocycles. The summed E-state index contributed by atoms with van der Waals surface area (Å²) in [7, 11) is 0. The summed E-state index contributed by atoms with van der Waals surface area (Å²) in [5.41, 5.74) is 0. The Balaban J connectivity index is 4.17. The van der Waals surface area contributed by atoms with Crippen LogP contribution in [0, 0.1) is 23.7 Å². The zero-order valence-corrected chi connectivity index (χ0v) is 10.0. The summed E-state index contributed by atoms with van der Waals surface area (Å²) < 4.78 is 0. The summed E-state index contributed by atoms with van der Waals surface area (Å²) in [6.45, 7) is 15.5. The molecule has 0 fully saturated rings. The van der Waals surface area contributed by atoms with E-state index in [9.17, 15) is 0 Å². The van der Waals surface area contributed by atoms with Crippen LogP contribution in [0.4, 0.5) is 0 Å². The molecule has 0 rings (SSSR count). The van der Waals surface area contributed by atoms with E-state index in [2.05, 4.69) is 47.3 Å². The lowest BCUT2D eigenvalue weighted by Gasteiger charge is -2.27. The van der Waals surface area contributed by atoms with Gasteiger partial charge in [-0.15, -0.1) is 6.58 Å². The van der Waals surface area contributed by atoms with Gasteiger partial charge in [0.05, 0.1) is 0 Å². The smallest absolute Gasteiger partial charge is 0.0234 e. The van der Waals surface area contributed by atoms with Gasteiger partial charge in [0.1, 0.15) is 0 Å². The molecule has 0 nitrogen and oxygen atoms in total. The molecule has 3 unspecified atom stereocenters. The van der Waals surface area contributed by atoms with Crippen molar-refractivity contribution in [2.45, 2.75) is 47.5 Å². The number of allylic oxidation sites excluding steroid dienone is 1. The third-order valence-corrected chi connectivity index (χ3v) is 3.27. The Morgan fingerprint density at radius 1 is 1.15 bits per heavy atom. The highest BCUT2D eigenvalue weighted by Crippen LogP contribution is 2.29. The normalized spacial score (nSPS) is 18.3. The summed E-state index contributed by atoms with van der Waals surface area (Å²) in [5, 5.41) is 0. The monoisotopic (exact) mass is 182 g/mol. The van der Waals surface area contributed by atoms with E-state index >= 15 is 0 Å². The van der Waals surface area contributed by atoms with E-state index in [1.54, 1.807) is 0 Å². The number of hydrogen-bond donors (Lipinski definition) is 0. The quantitative estimate of drug-likeness (QED) is 0.530. The van der Waals surface area contributed by atoms with Crippen molar-refractivity contribution < 1.29 is 0 Å². The van der Waals surface area contributed by atoms with Gasteiger partial charge in [-0.25, -0.2) is 0 Å². The first-order valence-corrected chi connectivity index (χ1v) is 5.65. The van der Waals surface area contributed by atoms with Gasteiger partial charge in [-0.3, -0.25) is 0 Å². The van der Waals surface area contributed by atoms with Gasteiger partial charge in [0, 0.05) is 0 Å². The van der Waals surface area contributed by atoms with Crippen LogP contribution in [0.2, 0.25) is 0 Å². The first kappa shape index (κ1) is 12.7. The van der Waals surface area contributed by atoms with Crippen LogP contribution < -0.4 is 0 Å². The molecule has 0 aliphatic carbocycles. The molecule has 0 aromatic rings. The van der Waals surface area contributed by atoms with E-state index in [1.165, 1.54) is 12.8 Å². The molecule has 0 bridgehead atoms. The average molecular weight is 182 g/mol. The molecule has 0 N–H and O–H groups in total. The molecule has 0 radical (unpaired) electrons. The largest absolute Gasteiger partial charge is 0.103 e. The van der Waals surface area contributed by atoms with Crippen LogP contribution >= 0.6 is 0 Å².